The molecule has 2 aromatic heterocycles. The Labute approximate surface area is 248 Å². The maximum atomic E-state index is 13.6. The molecule has 0 atom stereocenters. The number of halogens is 1. The van der Waals surface area contributed by atoms with Gasteiger partial charge in [-0.05, 0) is 54.1 Å². The molecule has 0 saturated carbocycles. The number of hydrogen-bond donors (Lipinski definition) is 0. The van der Waals surface area contributed by atoms with E-state index in [-0.39, 0.29) is 35.3 Å². The van der Waals surface area contributed by atoms with Gasteiger partial charge in [0.05, 0.1) is 41.6 Å². The van der Waals surface area contributed by atoms with E-state index in [0.717, 1.165) is 4.68 Å². The minimum Gasteiger partial charge on any atom is -0.496 e. The van der Waals surface area contributed by atoms with E-state index in [1.807, 2.05) is 0 Å². The number of rotatable bonds is 9. The second kappa shape index (κ2) is 11.7. The molecule has 6 rings (SSSR count). The van der Waals surface area contributed by atoms with E-state index in [0.29, 0.717) is 33.2 Å². The van der Waals surface area contributed by atoms with Crippen molar-refractivity contribution in [3.8, 4) is 28.8 Å². The predicted octanol–water partition coefficient (Wildman–Crippen LogP) is 6.34. The maximum absolute atomic E-state index is 13.6. The first kappa shape index (κ1) is 28.1. The first-order chi connectivity index (χ1) is 21.4. The highest BCUT2D eigenvalue weighted by Crippen LogP contribution is 2.39. The van der Waals surface area contributed by atoms with Crippen LogP contribution in [0.15, 0.2) is 99.2 Å². The number of aromatic nitrogens is 2. The second-order valence-electron chi connectivity index (χ2n) is 9.54. The highest BCUT2D eigenvalue weighted by molar-refractivity contribution is 5.89. The lowest BCUT2D eigenvalue weighted by atomic mass is 10.1. The number of para-hydroxylation sites is 1. The minimum atomic E-state index is -0.627. The summed E-state index contributed by atoms with van der Waals surface area (Å²) in [6.45, 7) is -0.133. The number of benzene rings is 4. The zero-order chi connectivity index (χ0) is 30.8. The van der Waals surface area contributed by atoms with Gasteiger partial charge in [0, 0.05) is 11.6 Å². The lowest BCUT2D eigenvalue weighted by molar-refractivity contribution is -0.386. The third-order valence-corrected chi connectivity index (χ3v) is 6.78. The van der Waals surface area contributed by atoms with Crippen molar-refractivity contribution in [1.82, 2.24) is 9.66 Å². The molecule has 0 N–H and O–H groups in total. The van der Waals surface area contributed by atoms with Gasteiger partial charge in [-0.15, -0.1) is 0 Å². The first-order valence-corrected chi connectivity index (χ1v) is 13.2. The normalized spacial score (nSPS) is 11.3. The topological polar surface area (TPSA) is 131 Å². The number of hydrogen-bond acceptors (Lipinski definition) is 9. The van der Waals surface area contributed by atoms with Crippen molar-refractivity contribution in [2.24, 2.45) is 5.10 Å². The number of nitrogens with zero attached hydrogens (tertiary/aromatic N) is 4. The largest absolute Gasteiger partial charge is 0.496 e. The average Bonchev–Trinajstić information content (AvgIpc) is 3.47. The molecule has 0 spiro atoms. The van der Waals surface area contributed by atoms with Gasteiger partial charge in [-0.1, -0.05) is 30.3 Å². The summed E-state index contributed by atoms with van der Waals surface area (Å²) < 4.78 is 37.3. The van der Waals surface area contributed by atoms with E-state index in [1.165, 1.54) is 43.7 Å². The van der Waals surface area contributed by atoms with Crippen LogP contribution in [0.1, 0.15) is 11.1 Å². The number of ether oxygens (including phenoxy) is 3. The Morgan fingerprint density at radius 3 is 2.55 bits per heavy atom. The highest BCUT2D eigenvalue weighted by Gasteiger charge is 2.23. The fraction of sp³-hybridized carbons (Fsp3) is 0.0938. The molecule has 0 unspecified atom stereocenters. The quantitative estimate of drug-likeness (QED) is 0.108. The molecular formula is C32H23FN4O7. The summed E-state index contributed by atoms with van der Waals surface area (Å²) in [7, 11) is 2.88. The fourth-order valence-electron chi connectivity index (χ4n) is 4.73. The zero-order valence-corrected chi connectivity index (χ0v) is 23.4. The van der Waals surface area contributed by atoms with Gasteiger partial charge in [-0.25, -0.2) is 9.37 Å². The van der Waals surface area contributed by atoms with Gasteiger partial charge in [-0.2, -0.15) is 9.78 Å². The molecule has 44 heavy (non-hydrogen) atoms. The fourth-order valence-corrected chi connectivity index (χ4v) is 4.73. The first-order valence-electron chi connectivity index (χ1n) is 13.2. The average molecular weight is 595 g/mol. The monoisotopic (exact) mass is 594 g/mol. The van der Waals surface area contributed by atoms with Crippen molar-refractivity contribution in [1.29, 1.82) is 0 Å². The molecule has 0 bridgehead atoms. The Hall–Kier alpha value is -6.04. The van der Waals surface area contributed by atoms with Gasteiger partial charge in [0.1, 0.15) is 23.8 Å². The van der Waals surface area contributed by atoms with E-state index >= 15 is 0 Å². The van der Waals surface area contributed by atoms with Crippen LogP contribution in [0, 0.1) is 15.9 Å². The van der Waals surface area contributed by atoms with Crippen LogP contribution in [0.25, 0.3) is 33.5 Å². The summed E-state index contributed by atoms with van der Waals surface area (Å²) in [6, 6.07) is 22.2. The summed E-state index contributed by atoms with van der Waals surface area (Å²) in [5.41, 5.74) is 0.784. The van der Waals surface area contributed by atoms with Gasteiger partial charge in [0.25, 0.3) is 5.56 Å². The summed E-state index contributed by atoms with van der Waals surface area (Å²) in [5.74, 6) is 0.397. The van der Waals surface area contributed by atoms with Gasteiger partial charge >= 0.3 is 5.69 Å². The van der Waals surface area contributed by atoms with Crippen LogP contribution in [0.3, 0.4) is 0 Å². The predicted molar refractivity (Wildman–Crippen MR) is 161 cm³/mol. The summed E-state index contributed by atoms with van der Waals surface area (Å²) in [4.78, 5) is 29.7. The molecule has 220 valence electrons. The molecule has 4 aromatic carbocycles. The van der Waals surface area contributed by atoms with Crippen molar-refractivity contribution >= 4 is 33.8 Å². The van der Waals surface area contributed by atoms with Crippen molar-refractivity contribution in [3.63, 3.8) is 0 Å². The van der Waals surface area contributed by atoms with Gasteiger partial charge in [0.2, 0.25) is 11.6 Å². The smallest absolute Gasteiger partial charge is 0.315 e. The molecule has 0 saturated heterocycles. The van der Waals surface area contributed by atoms with Crippen LogP contribution in [0.4, 0.5) is 10.1 Å². The number of fused-ring (bicyclic) bond motifs is 2. The van der Waals surface area contributed by atoms with Crippen LogP contribution in [-0.2, 0) is 6.61 Å². The highest BCUT2D eigenvalue weighted by atomic mass is 19.1. The Bertz CT molecular complexity index is 2140. The van der Waals surface area contributed by atoms with Crippen LogP contribution in [0.2, 0.25) is 0 Å². The van der Waals surface area contributed by atoms with Crippen molar-refractivity contribution < 1.29 is 27.9 Å². The van der Waals surface area contributed by atoms with Gasteiger partial charge in [0.15, 0.2) is 11.5 Å². The van der Waals surface area contributed by atoms with E-state index in [1.54, 1.807) is 61.7 Å². The maximum Gasteiger partial charge on any atom is 0.315 e. The van der Waals surface area contributed by atoms with Gasteiger partial charge in [-0.3, -0.25) is 14.9 Å². The van der Waals surface area contributed by atoms with E-state index in [2.05, 4.69) is 10.1 Å². The van der Waals surface area contributed by atoms with Crippen LogP contribution >= 0.6 is 0 Å². The molecule has 0 aliphatic carbocycles. The van der Waals surface area contributed by atoms with E-state index in [4.69, 9.17) is 18.6 Å². The van der Waals surface area contributed by atoms with Crippen molar-refractivity contribution in [2.45, 2.75) is 6.61 Å². The molecule has 11 nitrogen and oxygen atoms in total. The molecule has 2 heterocycles. The molecular weight excluding hydrogens is 571 g/mol. The van der Waals surface area contributed by atoms with Gasteiger partial charge < -0.3 is 18.6 Å². The number of methoxy groups -OCH3 is 2. The SMILES string of the molecule is COc1cc(C=Nn2c(-c3cc4c(OC)cccc4o3)nc3ccccc3c2=O)cc([N+](=O)[O-])c1OCc1cccc(F)c1. The standard InChI is InChI=1S/C32H23FN4O7/c1-41-26-11-6-12-27-23(26)16-29(44-27)31-35-24-10-4-3-9-22(24)32(38)36(31)34-17-20-14-25(37(39)40)30(28(15-20)42-2)43-18-19-7-5-8-21(33)13-19/h3-17H,18H2,1-2H3. The van der Waals surface area contributed by atoms with E-state index in [9.17, 15) is 19.3 Å². The van der Waals surface area contributed by atoms with E-state index < -0.39 is 22.0 Å². The molecule has 0 amide bonds. The molecule has 0 fully saturated rings. The number of nitro groups is 1. The summed E-state index contributed by atoms with van der Waals surface area (Å²) in [5, 5.41) is 17.4. The molecule has 0 aliphatic rings. The third-order valence-electron chi connectivity index (χ3n) is 6.78. The van der Waals surface area contributed by atoms with Crippen LogP contribution < -0.4 is 19.8 Å². The Balaban J connectivity index is 1.44. The second-order valence-corrected chi connectivity index (χ2v) is 9.54. The van der Waals surface area contributed by atoms with Crippen molar-refractivity contribution in [2.75, 3.05) is 14.2 Å². The molecule has 0 radical (unpaired) electrons. The molecule has 0 aliphatic heterocycles. The Morgan fingerprint density at radius 1 is 0.977 bits per heavy atom. The number of nitro benzene ring substituents is 1. The zero-order valence-electron chi connectivity index (χ0n) is 23.4. The summed E-state index contributed by atoms with van der Waals surface area (Å²) in [6.07, 6.45) is 1.27. The lowest BCUT2D eigenvalue weighted by Gasteiger charge is -2.12. The summed E-state index contributed by atoms with van der Waals surface area (Å²) >= 11 is 0. The number of furan rings is 1. The lowest BCUT2D eigenvalue weighted by Crippen LogP contribution is -2.20. The molecule has 12 heteroatoms. The molecule has 6 aromatic rings. The minimum absolute atomic E-state index is 0.0469. The third kappa shape index (κ3) is 5.31. The Kier molecular flexibility index (Phi) is 7.46. The van der Waals surface area contributed by atoms with Crippen LogP contribution in [0.5, 0.6) is 17.2 Å². The Morgan fingerprint density at radius 2 is 1.77 bits per heavy atom. The van der Waals surface area contributed by atoms with Crippen LogP contribution in [-0.4, -0.2) is 35.0 Å². The van der Waals surface area contributed by atoms with Crippen molar-refractivity contribution in [3.05, 3.63) is 122 Å².